The smallest absolute Gasteiger partial charge is 0.419 e. The van der Waals surface area contributed by atoms with E-state index in [9.17, 15) is 22.8 Å². The monoisotopic (exact) mass is 814 g/mol. The van der Waals surface area contributed by atoms with Gasteiger partial charge in [-0.1, -0.05) is 0 Å². The molecule has 0 aliphatic carbocycles. The molecule has 1 atom stereocenters. The first-order chi connectivity index (χ1) is 28.4. The lowest BCUT2D eigenvalue weighted by Crippen LogP contribution is -2.49. The first kappa shape index (κ1) is 40.9. The quantitative estimate of drug-likeness (QED) is 0.215. The highest BCUT2D eigenvalue weighted by molar-refractivity contribution is 5.70. The van der Waals surface area contributed by atoms with Crippen LogP contribution in [-0.2, 0) is 6.18 Å². The number of benzene rings is 2. The lowest BCUT2D eigenvalue weighted by molar-refractivity contribution is -0.138. The summed E-state index contributed by atoms with van der Waals surface area (Å²) in [7, 11) is 5.93. The zero-order valence-corrected chi connectivity index (χ0v) is 33.3. The maximum absolute atomic E-state index is 13.3. The van der Waals surface area contributed by atoms with Gasteiger partial charge in [-0.2, -0.15) is 13.2 Å². The number of anilines is 2. The van der Waals surface area contributed by atoms with Crippen molar-refractivity contribution in [2.24, 2.45) is 0 Å². The highest BCUT2D eigenvalue weighted by Crippen LogP contribution is 2.38. The van der Waals surface area contributed by atoms with Crippen LogP contribution in [0.4, 0.5) is 24.5 Å². The Labute approximate surface area is 337 Å². The molecule has 2 N–H and O–H groups in total. The molecule has 0 amide bonds. The van der Waals surface area contributed by atoms with Crippen molar-refractivity contribution in [1.29, 1.82) is 0 Å². The van der Waals surface area contributed by atoms with E-state index in [0.717, 1.165) is 68.8 Å². The number of nitrogens with one attached hydrogen (secondary N) is 2. The molecule has 2 fully saturated rings. The molecule has 0 saturated carbocycles. The summed E-state index contributed by atoms with van der Waals surface area (Å²) in [6.45, 7) is 8.15. The number of ether oxygens (including phenoxy) is 4. The van der Waals surface area contributed by atoms with Gasteiger partial charge in [0.05, 0.1) is 56.8 Å². The zero-order chi connectivity index (χ0) is 41.8. The van der Waals surface area contributed by atoms with Gasteiger partial charge in [0.25, 0.3) is 11.1 Å². The molecule has 2 aliphatic rings. The van der Waals surface area contributed by atoms with E-state index in [0.29, 0.717) is 40.3 Å². The second kappa shape index (κ2) is 17.3. The lowest BCUT2D eigenvalue weighted by Gasteiger charge is -2.33. The largest absolute Gasteiger partial charge is 0.496 e. The Morgan fingerprint density at radius 2 is 1.25 bits per heavy atom. The normalized spacial score (nSPS) is 15.8. The molecule has 17 heteroatoms. The topological polar surface area (TPSA) is 136 Å². The fourth-order valence-electron chi connectivity index (χ4n) is 7.23. The molecule has 6 heterocycles. The van der Waals surface area contributed by atoms with E-state index in [1.807, 2.05) is 24.4 Å². The average Bonchev–Trinajstić information content (AvgIpc) is 3.25. The van der Waals surface area contributed by atoms with Gasteiger partial charge in [-0.05, 0) is 55.5 Å². The number of hydrogen-bond acceptors (Lipinski definition) is 12. The number of hydrogen-bond donors (Lipinski definition) is 2. The van der Waals surface area contributed by atoms with Crippen LogP contribution in [-0.4, -0.2) is 99.1 Å². The predicted molar refractivity (Wildman–Crippen MR) is 220 cm³/mol. The molecule has 14 nitrogen and oxygen atoms in total. The Balaban J connectivity index is 0.000000179. The predicted octanol–water partition coefficient (Wildman–Crippen LogP) is 4.98. The molecule has 4 aromatic heterocycles. The summed E-state index contributed by atoms with van der Waals surface area (Å²) in [5, 5.41) is 6.70. The van der Waals surface area contributed by atoms with Gasteiger partial charge >= 0.3 is 6.18 Å². The van der Waals surface area contributed by atoms with Gasteiger partial charge in [-0.25, -0.2) is 9.97 Å². The fraction of sp³-hybridized carbons (Fsp3) is 0.333. The standard InChI is InChI=1S/C21H21F3N4O2.C21H24N4O4/c1-13-11-27(8-7-25-13)15-4-6-19-26-17(10-20(29)28(19)12-15)14-3-5-18(30-2)16(9-14)21(22,23)24;1-27-17-5-4-14(10-18(17)28-2)16-12-20(26)25-13-15(24-8-6-22-7-9-24)11-19(29-3)21(25)23-16/h3-6,9-10,12-13,25H,7-8,11H2,1-2H3;4-5,10-13,22H,6-9H2,1-3H3/t13-;/m0./s1. The van der Waals surface area contributed by atoms with Crippen molar-refractivity contribution in [2.75, 3.05) is 84.1 Å². The number of rotatable bonds is 8. The summed E-state index contributed by atoms with van der Waals surface area (Å²) < 4.78 is 64.0. The van der Waals surface area contributed by atoms with E-state index >= 15 is 0 Å². The fourth-order valence-corrected chi connectivity index (χ4v) is 7.23. The van der Waals surface area contributed by atoms with Crippen LogP contribution in [0.3, 0.4) is 0 Å². The molecule has 0 bridgehead atoms. The van der Waals surface area contributed by atoms with Crippen LogP contribution in [0.25, 0.3) is 33.8 Å². The van der Waals surface area contributed by atoms with Crippen molar-refractivity contribution in [3.63, 3.8) is 0 Å². The molecule has 6 aromatic rings. The molecule has 8 rings (SSSR count). The van der Waals surface area contributed by atoms with E-state index in [2.05, 4.69) is 32.3 Å². The van der Waals surface area contributed by atoms with E-state index < -0.39 is 11.7 Å². The number of piperazine rings is 2. The zero-order valence-electron chi connectivity index (χ0n) is 33.3. The van der Waals surface area contributed by atoms with Crippen molar-refractivity contribution in [1.82, 2.24) is 29.4 Å². The molecular formula is C42H45F3N8O6. The SMILES string of the molecule is COc1ccc(-c2cc(=O)n3cc(N4CCNCC4)cc(OC)c3n2)cc1OC.COc1ccc(-c2cc(=O)n3cc(N4CCN[C@@H](C)C4)ccc3n2)cc1C(F)(F)F. The van der Waals surface area contributed by atoms with E-state index in [1.165, 1.54) is 35.8 Å². The average molecular weight is 815 g/mol. The Hall–Kier alpha value is -6.33. The number of nitrogens with zero attached hydrogens (tertiary/aromatic N) is 6. The summed E-state index contributed by atoms with van der Waals surface area (Å²) in [6, 6.07) is 17.7. The molecule has 0 unspecified atom stereocenters. The van der Waals surface area contributed by atoms with Crippen molar-refractivity contribution < 1.29 is 32.1 Å². The minimum atomic E-state index is -4.58. The van der Waals surface area contributed by atoms with Gasteiger partial charge in [0.15, 0.2) is 22.9 Å². The maximum atomic E-state index is 13.3. The third kappa shape index (κ3) is 8.75. The second-order valence-electron chi connectivity index (χ2n) is 14.1. The maximum Gasteiger partial charge on any atom is 0.419 e. The van der Waals surface area contributed by atoms with E-state index in [-0.39, 0.29) is 28.1 Å². The van der Waals surface area contributed by atoms with Crippen molar-refractivity contribution in [2.45, 2.75) is 19.1 Å². The third-order valence-electron chi connectivity index (χ3n) is 10.3. The van der Waals surface area contributed by atoms with Crippen LogP contribution < -0.4 is 50.5 Å². The van der Waals surface area contributed by atoms with Gasteiger partial charge in [0.2, 0.25) is 0 Å². The van der Waals surface area contributed by atoms with Gasteiger partial charge in [0, 0.05) is 93.6 Å². The highest BCUT2D eigenvalue weighted by Gasteiger charge is 2.35. The number of halogens is 3. The number of aromatic nitrogens is 4. The van der Waals surface area contributed by atoms with Gasteiger partial charge in [0.1, 0.15) is 11.4 Å². The molecule has 2 aromatic carbocycles. The van der Waals surface area contributed by atoms with Crippen molar-refractivity contribution >= 4 is 22.7 Å². The summed E-state index contributed by atoms with van der Waals surface area (Å²) in [6.07, 6.45) is -1.03. The Kier molecular flexibility index (Phi) is 12.0. The Morgan fingerprint density at radius 1 is 0.644 bits per heavy atom. The Morgan fingerprint density at radius 3 is 1.92 bits per heavy atom. The van der Waals surface area contributed by atoms with Crippen LogP contribution in [0, 0.1) is 0 Å². The number of pyridine rings is 2. The molecule has 2 saturated heterocycles. The van der Waals surface area contributed by atoms with Crippen LogP contribution in [0.2, 0.25) is 0 Å². The van der Waals surface area contributed by atoms with E-state index in [1.54, 1.807) is 50.1 Å². The summed E-state index contributed by atoms with van der Waals surface area (Å²) in [5.74, 6) is 1.47. The van der Waals surface area contributed by atoms with Gasteiger partial charge in [-0.15, -0.1) is 0 Å². The van der Waals surface area contributed by atoms with Crippen LogP contribution >= 0.6 is 0 Å². The first-order valence-corrected chi connectivity index (χ1v) is 19.0. The van der Waals surface area contributed by atoms with E-state index in [4.69, 9.17) is 23.9 Å². The lowest BCUT2D eigenvalue weighted by atomic mass is 10.1. The van der Waals surface area contributed by atoms with Crippen LogP contribution in [0.1, 0.15) is 12.5 Å². The van der Waals surface area contributed by atoms with Crippen molar-refractivity contribution in [3.8, 4) is 45.5 Å². The van der Waals surface area contributed by atoms with Crippen LogP contribution in [0.5, 0.6) is 23.0 Å². The minimum absolute atomic E-state index is 0.171. The van der Waals surface area contributed by atoms with Gasteiger partial charge < -0.3 is 39.4 Å². The minimum Gasteiger partial charge on any atom is -0.496 e. The molecule has 59 heavy (non-hydrogen) atoms. The summed E-state index contributed by atoms with van der Waals surface area (Å²) in [5.41, 5.74) is 2.93. The number of methoxy groups -OCH3 is 4. The molecule has 0 radical (unpaired) electrons. The third-order valence-corrected chi connectivity index (χ3v) is 10.3. The number of fused-ring (bicyclic) bond motifs is 2. The molecule has 310 valence electrons. The first-order valence-electron chi connectivity index (χ1n) is 19.0. The summed E-state index contributed by atoms with van der Waals surface area (Å²) in [4.78, 5) is 39.2. The second-order valence-corrected chi connectivity index (χ2v) is 14.1. The number of alkyl halides is 3. The Bertz CT molecular complexity index is 2590. The molecule has 0 spiro atoms. The highest BCUT2D eigenvalue weighted by atomic mass is 19.4. The van der Waals surface area contributed by atoms with Gasteiger partial charge in [-0.3, -0.25) is 18.4 Å². The van der Waals surface area contributed by atoms with Crippen LogP contribution in [0.15, 0.2) is 88.7 Å². The molecular weight excluding hydrogens is 770 g/mol. The molecule has 2 aliphatic heterocycles. The van der Waals surface area contributed by atoms with Crippen molar-refractivity contribution in [3.05, 3.63) is 105 Å². The summed E-state index contributed by atoms with van der Waals surface area (Å²) >= 11 is 0.